The fourth-order valence-corrected chi connectivity index (χ4v) is 2.87. The monoisotopic (exact) mass is 229 g/mol. The zero-order valence-corrected chi connectivity index (χ0v) is 10.1. The number of hydrogen-bond donors (Lipinski definition) is 2. The predicted octanol–water partition coefficient (Wildman–Crippen LogP) is 1.57. The zero-order valence-electron chi connectivity index (χ0n) is 10.1. The van der Waals surface area contributed by atoms with E-state index in [0.29, 0.717) is 0 Å². The van der Waals surface area contributed by atoms with Crippen molar-refractivity contribution < 1.29 is 0 Å². The van der Waals surface area contributed by atoms with E-state index < -0.39 is 0 Å². The summed E-state index contributed by atoms with van der Waals surface area (Å²) in [7, 11) is 0. The average molecular weight is 229 g/mol. The molecule has 0 radical (unpaired) electrons. The number of aryl methyl sites for hydroxylation is 1. The van der Waals surface area contributed by atoms with Crippen molar-refractivity contribution in [3.63, 3.8) is 0 Å². The number of nitrogens with one attached hydrogen (secondary N) is 1. The third kappa shape index (κ3) is 1.95. The van der Waals surface area contributed by atoms with Gasteiger partial charge in [-0.15, -0.1) is 0 Å². The molecule has 3 nitrogen and oxygen atoms in total. The maximum absolute atomic E-state index is 6.33. The van der Waals surface area contributed by atoms with Gasteiger partial charge >= 0.3 is 0 Å². The van der Waals surface area contributed by atoms with Gasteiger partial charge in [0.15, 0.2) is 0 Å². The van der Waals surface area contributed by atoms with Gasteiger partial charge in [0.1, 0.15) is 5.84 Å². The van der Waals surface area contributed by atoms with Crippen LogP contribution in [0.1, 0.15) is 35.6 Å². The summed E-state index contributed by atoms with van der Waals surface area (Å²) in [5.74, 6) is 0.962. The van der Waals surface area contributed by atoms with Crippen molar-refractivity contribution in [3.8, 4) is 0 Å². The smallest absolute Gasteiger partial charge is 0.118 e. The first-order chi connectivity index (χ1) is 8.36. The van der Waals surface area contributed by atoms with Crippen molar-refractivity contribution in [1.82, 2.24) is 5.32 Å². The van der Waals surface area contributed by atoms with Crippen molar-refractivity contribution in [2.45, 2.75) is 31.7 Å². The summed E-state index contributed by atoms with van der Waals surface area (Å²) in [6, 6.07) is 6.48. The molecule has 1 unspecified atom stereocenters. The zero-order chi connectivity index (χ0) is 11.7. The Morgan fingerprint density at radius 2 is 2.12 bits per heavy atom. The van der Waals surface area contributed by atoms with Crippen LogP contribution in [0.2, 0.25) is 0 Å². The van der Waals surface area contributed by atoms with Gasteiger partial charge in [0, 0.05) is 6.54 Å². The highest BCUT2D eigenvalue weighted by atomic mass is 15.1. The molecule has 2 aliphatic rings. The van der Waals surface area contributed by atoms with Gasteiger partial charge in [-0.1, -0.05) is 18.2 Å². The van der Waals surface area contributed by atoms with E-state index in [4.69, 9.17) is 5.73 Å². The summed E-state index contributed by atoms with van der Waals surface area (Å²) in [4.78, 5) is 4.44. The molecule has 90 valence electrons. The number of fused-ring (bicyclic) bond motifs is 1. The lowest BCUT2D eigenvalue weighted by molar-refractivity contribution is 0.674. The molecule has 1 aromatic carbocycles. The SMILES string of the molecule is NC(C1=NCCN1)c1cccc2c1CCCC2. The number of hydrogen-bond acceptors (Lipinski definition) is 3. The Kier molecular flexibility index (Phi) is 2.85. The number of nitrogens with zero attached hydrogens (tertiary/aromatic N) is 1. The predicted molar refractivity (Wildman–Crippen MR) is 70.3 cm³/mol. The van der Waals surface area contributed by atoms with Gasteiger partial charge in [0.05, 0.1) is 12.6 Å². The molecule has 0 fully saturated rings. The van der Waals surface area contributed by atoms with Crippen LogP contribution in [0.5, 0.6) is 0 Å². The van der Waals surface area contributed by atoms with Crippen LogP contribution in [-0.4, -0.2) is 18.9 Å². The highest BCUT2D eigenvalue weighted by molar-refractivity contribution is 5.90. The average Bonchev–Trinajstić information content (AvgIpc) is 2.91. The molecular formula is C14H19N3. The van der Waals surface area contributed by atoms with Gasteiger partial charge < -0.3 is 11.1 Å². The van der Waals surface area contributed by atoms with Crippen LogP contribution in [0.4, 0.5) is 0 Å². The normalized spacial score (nSPS) is 20.4. The van der Waals surface area contributed by atoms with Crippen LogP contribution in [-0.2, 0) is 12.8 Å². The minimum Gasteiger partial charge on any atom is -0.370 e. The molecule has 17 heavy (non-hydrogen) atoms. The molecule has 1 aliphatic heterocycles. The van der Waals surface area contributed by atoms with Crippen LogP contribution >= 0.6 is 0 Å². The molecule has 3 heteroatoms. The van der Waals surface area contributed by atoms with Gasteiger partial charge in [-0.25, -0.2) is 0 Å². The van der Waals surface area contributed by atoms with Crippen LogP contribution in [0.15, 0.2) is 23.2 Å². The first-order valence-electron chi connectivity index (χ1n) is 6.51. The molecule has 0 saturated carbocycles. The molecule has 0 spiro atoms. The topological polar surface area (TPSA) is 50.4 Å². The van der Waals surface area contributed by atoms with Crippen molar-refractivity contribution in [3.05, 3.63) is 34.9 Å². The second-order valence-corrected chi connectivity index (χ2v) is 4.86. The fourth-order valence-electron chi connectivity index (χ4n) is 2.87. The molecule has 0 saturated heterocycles. The lowest BCUT2D eigenvalue weighted by atomic mass is 9.86. The van der Waals surface area contributed by atoms with Crippen LogP contribution in [0, 0.1) is 0 Å². The Morgan fingerprint density at radius 3 is 2.94 bits per heavy atom. The first-order valence-corrected chi connectivity index (χ1v) is 6.51. The van der Waals surface area contributed by atoms with Crippen LogP contribution in [0.3, 0.4) is 0 Å². The quantitative estimate of drug-likeness (QED) is 0.808. The molecule has 1 aliphatic carbocycles. The van der Waals surface area contributed by atoms with E-state index in [0.717, 1.165) is 18.9 Å². The number of nitrogens with two attached hydrogens (primary N) is 1. The molecule has 1 heterocycles. The first kappa shape index (κ1) is 10.8. The van der Waals surface area contributed by atoms with E-state index >= 15 is 0 Å². The number of rotatable bonds is 2. The highest BCUT2D eigenvalue weighted by Crippen LogP contribution is 2.28. The largest absolute Gasteiger partial charge is 0.370 e. The lowest BCUT2D eigenvalue weighted by Gasteiger charge is -2.23. The summed E-state index contributed by atoms with van der Waals surface area (Å²) in [6.45, 7) is 1.79. The molecule has 3 N–H and O–H groups in total. The van der Waals surface area contributed by atoms with E-state index in [-0.39, 0.29) is 6.04 Å². The van der Waals surface area contributed by atoms with Gasteiger partial charge in [0.2, 0.25) is 0 Å². The highest BCUT2D eigenvalue weighted by Gasteiger charge is 2.21. The van der Waals surface area contributed by atoms with E-state index in [2.05, 4.69) is 28.5 Å². The maximum Gasteiger partial charge on any atom is 0.118 e. The van der Waals surface area contributed by atoms with Gasteiger partial charge in [0.25, 0.3) is 0 Å². The Bertz CT molecular complexity index is 451. The molecule has 0 aromatic heterocycles. The molecule has 1 aromatic rings. The van der Waals surface area contributed by atoms with Gasteiger partial charge in [-0.3, -0.25) is 4.99 Å². The Balaban J connectivity index is 1.96. The summed E-state index contributed by atoms with van der Waals surface area (Å²) >= 11 is 0. The molecule has 3 rings (SSSR count). The fraction of sp³-hybridized carbons (Fsp3) is 0.500. The molecular weight excluding hydrogens is 210 g/mol. The third-order valence-electron chi connectivity index (χ3n) is 3.76. The third-order valence-corrected chi connectivity index (χ3v) is 3.76. The minimum absolute atomic E-state index is 0.0643. The van der Waals surface area contributed by atoms with Crippen molar-refractivity contribution in [2.24, 2.45) is 10.7 Å². The minimum atomic E-state index is -0.0643. The second-order valence-electron chi connectivity index (χ2n) is 4.86. The summed E-state index contributed by atoms with van der Waals surface area (Å²) in [5.41, 5.74) is 10.6. The van der Waals surface area contributed by atoms with E-state index in [1.165, 1.54) is 42.4 Å². The van der Waals surface area contributed by atoms with E-state index in [9.17, 15) is 0 Å². The second kappa shape index (κ2) is 4.49. The van der Waals surface area contributed by atoms with Gasteiger partial charge in [-0.2, -0.15) is 0 Å². The van der Waals surface area contributed by atoms with Crippen LogP contribution < -0.4 is 11.1 Å². The molecule has 0 amide bonds. The van der Waals surface area contributed by atoms with Crippen molar-refractivity contribution in [1.29, 1.82) is 0 Å². The van der Waals surface area contributed by atoms with Crippen LogP contribution in [0.25, 0.3) is 0 Å². The van der Waals surface area contributed by atoms with Crippen molar-refractivity contribution >= 4 is 5.84 Å². The van der Waals surface area contributed by atoms with E-state index in [1.54, 1.807) is 0 Å². The Hall–Kier alpha value is -1.35. The summed E-state index contributed by atoms with van der Waals surface area (Å²) in [6.07, 6.45) is 4.98. The van der Waals surface area contributed by atoms with E-state index in [1.807, 2.05) is 0 Å². The summed E-state index contributed by atoms with van der Waals surface area (Å²) in [5, 5.41) is 3.29. The number of amidine groups is 1. The number of benzene rings is 1. The molecule has 0 bridgehead atoms. The Morgan fingerprint density at radius 1 is 1.24 bits per heavy atom. The lowest BCUT2D eigenvalue weighted by Crippen LogP contribution is -2.32. The summed E-state index contributed by atoms with van der Waals surface area (Å²) < 4.78 is 0. The van der Waals surface area contributed by atoms with Crippen molar-refractivity contribution in [2.75, 3.05) is 13.1 Å². The Labute approximate surface area is 102 Å². The maximum atomic E-state index is 6.33. The number of aliphatic imine (C=N–C) groups is 1. The van der Waals surface area contributed by atoms with Gasteiger partial charge in [-0.05, 0) is 42.4 Å². The standard InChI is InChI=1S/C14H19N3/c15-13(14-16-8-9-17-14)12-7-3-5-10-4-1-2-6-11(10)12/h3,5,7,13H,1-2,4,6,8-9,15H2,(H,16,17). The molecule has 1 atom stereocenters.